The van der Waals surface area contributed by atoms with Gasteiger partial charge in [-0.25, -0.2) is 4.98 Å². The summed E-state index contributed by atoms with van der Waals surface area (Å²) in [5.74, 6) is 0.619. The predicted octanol–water partition coefficient (Wildman–Crippen LogP) is 2.24. The number of rotatable bonds is 6. The number of nitrogens with zero attached hydrogens (tertiary/aromatic N) is 1. The highest BCUT2D eigenvalue weighted by molar-refractivity contribution is 7.18. The minimum absolute atomic E-state index is 0.0731. The Bertz CT molecular complexity index is 678. The van der Waals surface area contributed by atoms with Crippen molar-refractivity contribution < 1.29 is 5.11 Å². The molecule has 0 saturated carbocycles. The SMILES string of the molecule is CCC(CC)(CO)NCc1nc2sc(C)c(C)c2c(=O)[nH]1. The average Bonchev–Trinajstić information content (AvgIpc) is 2.76. The highest BCUT2D eigenvalue weighted by atomic mass is 32.1. The molecular weight excluding hydrogens is 286 g/mol. The standard InChI is InChI=1S/C15H23N3O2S/c1-5-15(6-2,8-19)16-7-11-17-13(20)12-9(3)10(4)21-14(12)18-11/h16,19H,5-8H2,1-4H3,(H,17,18,20). The third-order valence-electron chi connectivity index (χ3n) is 4.38. The van der Waals surface area contributed by atoms with Crippen molar-refractivity contribution in [3.63, 3.8) is 0 Å². The van der Waals surface area contributed by atoms with E-state index in [4.69, 9.17) is 0 Å². The van der Waals surface area contributed by atoms with Gasteiger partial charge in [-0.05, 0) is 32.3 Å². The van der Waals surface area contributed by atoms with Gasteiger partial charge in [-0.15, -0.1) is 11.3 Å². The second-order valence-corrected chi connectivity index (χ2v) is 6.68. The van der Waals surface area contributed by atoms with Crippen LogP contribution in [0.25, 0.3) is 10.2 Å². The van der Waals surface area contributed by atoms with Crippen molar-refractivity contribution in [3.8, 4) is 0 Å². The molecule has 0 unspecified atom stereocenters. The molecule has 21 heavy (non-hydrogen) atoms. The second kappa shape index (κ2) is 6.25. The lowest BCUT2D eigenvalue weighted by Crippen LogP contribution is -2.47. The van der Waals surface area contributed by atoms with Crippen molar-refractivity contribution in [2.24, 2.45) is 0 Å². The number of hydrogen-bond acceptors (Lipinski definition) is 5. The molecule has 0 aliphatic rings. The number of aryl methyl sites for hydroxylation is 2. The van der Waals surface area contributed by atoms with E-state index in [1.165, 1.54) is 0 Å². The molecule has 3 N–H and O–H groups in total. The highest BCUT2D eigenvalue weighted by Crippen LogP contribution is 2.25. The zero-order chi connectivity index (χ0) is 15.6. The van der Waals surface area contributed by atoms with Crippen molar-refractivity contribution in [3.05, 3.63) is 26.6 Å². The first-order valence-corrected chi connectivity index (χ1v) is 8.12. The summed E-state index contributed by atoms with van der Waals surface area (Å²) in [5.41, 5.74) is 0.616. The minimum atomic E-state index is -0.311. The average molecular weight is 309 g/mol. The minimum Gasteiger partial charge on any atom is -0.394 e. The molecule has 116 valence electrons. The van der Waals surface area contributed by atoms with Gasteiger partial charge >= 0.3 is 0 Å². The van der Waals surface area contributed by atoms with E-state index in [1.807, 2.05) is 27.7 Å². The lowest BCUT2D eigenvalue weighted by atomic mass is 9.94. The Hall–Kier alpha value is -1.24. The van der Waals surface area contributed by atoms with Crippen LogP contribution in [0, 0.1) is 13.8 Å². The van der Waals surface area contributed by atoms with E-state index < -0.39 is 0 Å². The van der Waals surface area contributed by atoms with Crippen LogP contribution in [0.5, 0.6) is 0 Å². The first kappa shape index (κ1) is 16.1. The predicted molar refractivity (Wildman–Crippen MR) is 87.0 cm³/mol. The molecule has 6 heteroatoms. The molecule has 0 radical (unpaired) electrons. The van der Waals surface area contributed by atoms with Crippen LogP contribution < -0.4 is 10.9 Å². The van der Waals surface area contributed by atoms with Gasteiger partial charge in [0.1, 0.15) is 10.7 Å². The summed E-state index contributed by atoms with van der Waals surface area (Å²) in [4.78, 5) is 21.5. The maximum Gasteiger partial charge on any atom is 0.259 e. The normalized spacial score (nSPS) is 12.2. The van der Waals surface area contributed by atoms with Crippen molar-refractivity contribution >= 4 is 21.6 Å². The van der Waals surface area contributed by atoms with Crippen LogP contribution in [0.1, 0.15) is 43.0 Å². The van der Waals surface area contributed by atoms with Gasteiger partial charge < -0.3 is 15.4 Å². The zero-order valence-corrected chi connectivity index (χ0v) is 13.9. The molecule has 0 spiro atoms. The smallest absolute Gasteiger partial charge is 0.259 e. The van der Waals surface area contributed by atoms with E-state index in [0.29, 0.717) is 17.8 Å². The van der Waals surface area contributed by atoms with E-state index >= 15 is 0 Å². The van der Waals surface area contributed by atoms with Crippen molar-refractivity contribution in [2.75, 3.05) is 6.61 Å². The molecule has 0 amide bonds. The van der Waals surface area contributed by atoms with E-state index in [9.17, 15) is 9.90 Å². The van der Waals surface area contributed by atoms with Crippen LogP contribution in [-0.2, 0) is 6.54 Å². The molecule has 0 aliphatic carbocycles. The van der Waals surface area contributed by atoms with E-state index in [1.54, 1.807) is 11.3 Å². The van der Waals surface area contributed by atoms with E-state index in [0.717, 1.165) is 28.1 Å². The fourth-order valence-corrected chi connectivity index (χ4v) is 3.48. The molecule has 0 aromatic carbocycles. The van der Waals surface area contributed by atoms with Crippen molar-refractivity contribution in [1.82, 2.24) is 15.3 Å². The number of fused-ring (bicyclic) bond motifs is 1. The highest BCUT2D eigenvalue weighted by Gasteiger charge is 2.24. The number of hydrogen-bond donors (Lipinski definition) is 3. The van der Waals surface area contributed by atoms with E-state index in [-0.39, 0.29) is 17.7 Å². The van der Waals surface area contributed by atoms with Gasteiger partial charge in [-0.1, -0.05) is 13.8 Å². The number of nitrogens with one attached hydrogen (secondary N) is 2. The van der Waals surface area contributed by atoms with Gasteiger partial charge in [-0.2, -0.15) is 0 Å². The third-order valence-corrected chi connectivity index (χ3v) is 5.48. The van der Waals surface area contributed by atoms with Crippen LogP contribution in [0.15, 0.2) is 4.79 Å². The number of aromatic amines is 1. The molecule has 0 bridgehead atoms. The summed E-state index contributed by atoms with van der Waals surface area (Å²) < 4.78 is 0. The molecule has 2 aromatic heterocycles. The maximum absolute atomic E-state index is 12.2. The number of thiophene rings is 1. The van der Waals surface area contributed by atoms with Crippen LogP contribution in [0.4, 0.5) is 0 Å². The molecule has 2 heterocycles. The summed E-state index contributed by atoms with van der Waals surface area (Å²) in [6.45, 7) is 8.56. The third kappa shape index (κ3) is 3.02. The summed E-state index contributed by atoms with van der Waals surface area (Å²) in [5, 5.41) is 13.6. The first-order valence-electron chi connectivity index (χ1n) is 7.31. The summed E-state index contributed by atoms with van der Waals surface area (Å²) in [6, 6.07) is 0. The van der Waals surface area contributed by atoms with Crippen molar-refractivity contribution in [1.29, 1.82) is 0 Å². The van der Waals surface area contributed by atoms with E-state index in [2.05, 4.69) is 15.3 Å². The number of aromatic nitrogens is 2. The van der Waals surface area contributed by atoms with Gasteiger partial charge in [0.05, 0.1) is 18.5 Å². The Morgan fingerprint density at radius 2 is 2.00 bits per heavy atom. The first-order chi connectivity index (χ1) is 9.96. The van der Waals surface area contributed by atoms with Gasteiger partial charge in [-0.3, -0.25) is 4.79 Å². The fraction of sp³-hybridized carbons (Fsp3) is 0.600. The topological polar surface area (TPSA) is 78.0 Å². The maximum atomic E-state index is 12.2. The molecule has 2 rings (SSSR count). The van der Waals surface area contributed by atoms with Crippen molar-refractivity contribution in [2.45, 2.75) is 52.6 Å². The monoisotopic (exact) mass is 309 g/mol. The Morgan fingerprint density at radius 3 is 2.57 bits per heavy atom. The summed E-state index contributed by atoms with van der Waals surface area (Å²) in [6.07, 6.45) is 1.65. The van der Waals surface area contributed by atoms with Crippen LogP contribution in [-0.4, -0.2) is 27.2 Å². The lowest BCUT2D eigenvalue weighted by molar-refractivity contribution is 0.148. The molecular formula is C15H23N3O2S. The van der Waals surface area contributed by atoms with Gasteiger partial charge in [0.15, 0.2) is 0 Å². The molecule has 2 aromatic rings. The quantitative estimate of drug-likeness (QED) is 0.765. The largest absolute Gasteiger partial charge is 0.394 e. The zero-order valence-electron chi connectivity index (χ0n) is 13.0. The Balaban J connectivity index is 2.30. The number of aliphatic hydroxyl groups is 1. The van der Waals surface area contributed by atoms with Gasteiger partial charge in [0.25, 0.3) is 5.56 Å². The molecule has 0 atom stereocenters. The van der Waals surface area contributed by atoms with Gasteiger partial charge in [0.2, 0.25) is 0 Å². The van der Waals surface area contributed by atoms with Crippen LogP contribution in [0.2, 0.25) is 0 Å². The summed E-state index contributed by atoms with van der Waals surface area (Å²) >= 11 is 1.55. The summed E-state index contributed by atoms with van der Waals surface area (Å²) in [7, 11) is 0. The second-order valence-electron chi connectivity index (χ2n) is 5.48. The Morgan fingerprint density at radius 1 is 1.33 bits per heavy atom. The Labute approximate surface area is 128 Å². The lowest BCUT2D eigenvalue weighted by Gasteiger charge is -2.30. The molecule has 0 saturated heterocycles. The van der Waals surface area contributed by atoms with Crippen LogP contribution in [0.3, 0.4) is 0 Å². The molecule has 0 aliphatic heterocycles. The molecule has 5 nitrogen and oxygen atoms in total. The fourth-order valence-electron chi connectivity index (χ4n) is 2.43. The van der Waals surface area contributed by atoms with Crippen LogP contribution >= 0.6 is 11.3 Å². The molecule has 0 fully saturated rings. The van der Waals surface area contributed by atoms with Gasteiger partial charge in [0, 0.05) is 10.4 Å². The number of aliphatic hydroxyl groups excluding tert-OH is 1. The Kier molecular flexibility index (Phi) is 4.81. The number of H-pyrrole nitrogens is 1.